The molecule has 0 radical (unpaired) electrons. The summed E-state index contributed by atoms with van der Waals surface area (Å²) >= 11 is 1.68. The van der Waals surface area contributed by atoms with Crippen LogP contribution in [0.5, 0.6) is 0 Å². The molecule has 0 N–H and O–H groups in total. The van der Waals surface area contributed by atoms with Crippen molar-refractivity contribution in [2.75, 3.05) is 0 Å². The number of hydrogen-bond donors (Lipinski definition) is 0. The molecule has 210 valence electrons. The van der Waals surface area contributed by atoms with Gasteiger partial charge in [-0.25, -0.2) is 4.79 Å². The number of benzene rings is 5. The molecule has 0 fully saturated rings. The summed E-state index contributed by atoms with van der Waals surface area (Å²) in [5.74, 6) is 0.479. The lowest BCUT2D eigenvalue weighted by atomic mass is 9.98. The summed E-state index contributed by atoms with van der Waals surface area (Å²) in [6.45, 7) is 1.33. The van der Waals surface area contributed by atoms with Gasteiger partial charge in [0, 0.05) is 45.2 Å². The molecule has 6 rings (SSSR count). The molecule has 0 aliphatic rings. The first-order chi connectivity index (χ1) is 21.1. The van der Waals surface area contributed by atoms with E-state index in [0.29, 0.717) is 22.6 Å². The second-order valence-electron chi connectivity index (χ2n) is 9.90. The van der Waals surface area contributed by atoms with Crippen molar-refractivity contribution in [3.63, 3.8) is 0 Å². The van der Waals surface area contributed by atoms with Gasteiger partial charge >= 0.3 is 5.97 Å². The molecule has 1 heterocycles. The van der Waals surface area contributed by atoms with E-state index in [0.717, 1.165) is 43.9 Å². The molecule has 1 aromatic heterocycles. The van der Waals surface area contributed by atoms with Crippen LogP contribution in [-0.2, 0) is 15.4 Å². The zero-order valence-corrected chi connectivity index (χ0v) is 24.2. The van der Waals surface area contributed by atoms with Crippen LogP contribution in [0.2, 0.25) is 0 Å². The van der Waals surface area contributed by atoms with Crippen molar-refractivity contribution >= 4 is 40.2 Å². The number of carbonyl (C=O) groups excluding carboxylic acids is 2. The molecule has 5 aromatic carbocycles. The first-order valence-electron chi connectivity index (χ1n) is 13.8. The smallest absolute Gasteiger partial charge is 0.332 e. The highest BCUT2D eigenvalue weighted by Crippen LogP contribution is 2.36. The average Bonchev–Trinajstić information content (AvgIpc) is 3.45. The van der Waals surface area contributed by atoms with Gasteiger partial charge in [-0.3, -0.25) is 4.79 Å². The maximum absolute atomic E-state index is 13.6. The predicted octanol–water partition coefficient (Wildman–Crippen LogP) is 8.94. The minimum absolute atomic E-state index is 0.146. The highest BCUT2D eigenvalue weighted by molar-refractivity contribution is 7.98. The molecule has 0 amide bonds. The molecule has 6 aromatic rings. The number of fused-ring (bicyclic) bond motifs is 1. The Morgan fingerprint density at radius 2 is 1.30 bits per heavy atom. The summed E-state index contributed by atoms with van der Waals surface area (Å²) in [5, 5.41) is 5.01. The number of carbonyl (C=O) groups is 2. The Morgan fingerprint density at radius 1 is 0.698 bits per heavy atom. The van der Waals surface area contributed by atoms with E-state index in [1.807, 2.05) is 133 Å². The molecule has 0 bridgehead atoms. The van der Waals surface area contributed by atoms with Gasteiger partial charge < -0.3 is 9.25 Å². The fraction of sp³-hybridized carbons (Fsp3) is 0.0541. The molecule has 0 atom stereocenters. The Balaban J connectivity index is 1.17. The van der Waals surface area contributed by atoms with Gasteiger partial charge in [0.15, 0.2) is 5.76 Å². The van der Waals surface area contributed by atoms with Gasteiger partial charge in [0.1, 0.15) is 11.3 Å². The lowest BCUT2D eigenvalue weighted by Gasteiger charge is -2.08. The number of hydrogen-bond acceptors (Lipinski definition) is 6. The number of para-hydroxylation sites is 1. The molecule has 43 heavy (non-hydrogen) atoms. The summed E-state index contributed by atoms with van der Waals surface area (Å²) in [6.07, 6.45) is 0. The van der Waals surface area contributed by atoms with E-state index < -0.39 is 5.97 Å². The summed E-state index contributed by atoms with van der Waals surface area (Å²) in [7, 11) is 0. The number of furan rings is 1. The number of oxime groups is 1. The maximum atomic E-state index is 13.6. The van der Waals surface area contributed by atoms with E-state index in [-0.39, 0.29) is 5.78 Å². The molecule has 0 saturated carbocycles. The van der Waals surface area contributed by atoms with Gasteiger partial charge in [0.25, 0.3) is 0 Å². The van der Waals surface area contributed by atoms with Crippen LogP contribution in [0.15, 0.2) is 148 Å². The quantitative estimate of drug-likeness (QED) is 0.0561. The molecule has 5 nitrogen and oxygen atoms in total. The molecule has 0 saturated heterocycles. The Morgan fingerprint density at radius 3 is 2.00 bits per heavy atom. The van der Waals surface area contributed by atoms with Gasteiger partial charge in [-0.15, -0.1) is 11.8 Å². The van der Waals surface area contributed by atoms with E-state index in [2.05, 4.69) is 5.16 Å². The van der Waals surface area contributed by atoms with Crippen molar-refractivity contribution < 1.29 is 18.8 Å². The third-order valence-electron chi connectivity index (χ3n) is 6.93. The second kappa shape index (κ2) is 12.8. The summed E-state index contributed by atoms with van der Waals surface area (Å²) < 4.78 is 6.10. The minimum Gasteiger partial charge on any atom is -0.452 e. The van der Waals surface area contributed by atoms with E-state index in [1.165, 1.54) is 6.92 Å². The van der Waals surface area contributed by atoms with E-state index in [4.69, 9.17) is 9.25 Å². The lowest BCUT2D eigenvalue weighted by Crippen LogP contribution is -2.06. The molecule has 0 aliphatic carbocycles. The Hall–Kier alpha value is -5.20. The van der Waals surface area contributed by atoms with Gasteiger partial charge in [-0.05, 0) is 41.5 Å². The Labute approximate surface area is 253 Å². The van der Waals surface area contributed by atoms with Crippen molar-refractivity contribution in [1.82, 2.24) is 0 Å². The summed E-state index contributed by atoms with van der Waals surface area (Å²) in [5.41, 5.74) is 6.46. The number of thioether (sulfide) groups is 1. The molecule has 0 unspecified atom stereocenters. The van der Waals surface area contributed by atoms with Crippen LogP contribution in [0, 0.1) is 0 Å². The van der Waals surface area contributed by atoms with Crippen molar-refractivity contribution in [2.45, 2.75) is 17.6 Å². The first kappa shape index (κ1) is 27.9. The fourth-order valence-corrected chi connectivity index (χ4v) is 5.69. The predicted molar refractivity (Wildman–Crippen MR) is 171 cm³/mol. The van der Waals surface area contributed by atoms with Gasteiger partial charge in [0.05, 0.1) is 0 Å². The number of nitrogens with zero attached hydrogens (tertiary/aromatic N) is 1. The summed E-state index contributed by atoms with van der Waals surface area (Å²) in [4.78, 5) is 31.0. The highest BCUT2D eigenvalue weighted by atomic mass is 32.2. The highest BCUT2D eigenvalue weighted by Gasteiger charge is 2.23. The van der Waals surface area contributed by atoms with Crippen molar-refractivity contribution in [1.29, 1.82) is 0 Å². The molecular formula is C37H27NO4S. The zero-order valence-electron chi connectivity index (χ0n) is 23.4. The largest absolute Gasteiger partial charge is 0.452 e. The first-order valence-corrected chi connectivity index (χ1v) is 14.8. The van der Waals surface area contributed by atoms with Crippen LogP contribution in [0.4, 0.5) is 0 Å². The van der Waals surface area contributed by atoms with Crippen LogP contribution in [0.25, 0.3) is 22.1 Å². The molecule has 0 spiro atoms. The molecule has 0 aliphatic heterocycles. The summed E-state index contributed by atoms with van der Waals surface area (Å²) in [6, 6.07) is 42.9. The number of ketones is 1. The zero-order chi connectivity index (χ0) is 29.6. The SMILES string of the molecule is CC(=O)ON=C(c1ccccc1)c1ccc(CSc2ccc(C(=O)c3oc4ccccc4c3-c3ccccc3)cc2)cc1. The third kappa shape index (κ3) is 6.35. The van der Waals surface area contributed by atoms with Crippen molar-refractivity contribution in [3.05, 3.63) is 161 Å². The van der Waals surface area contributed by atoms with Crippen LogP contribution in [0.3, 0.4) is 0 Å². The lowest BCUT2D eigenvalue weighted by molar-refractivity contribution is -0.140. The number of rotatable bonds is 9. The molecular weight excluding hydrogens is 554 g/mol. The fourth-order valence-electron chi connectivity index (χ4n) is 4.83. The second-order valence-corrected chi connectivity index (χ2v) is 10.9. The van der Waals surface area contributed by atoms with Crippen molar-refractivity contribution in [2.24, 2.45) is 5.16 Å². The van der Waals surface area contributed by atoms with E-state index in [9.17, 15) is 9.59 Å². The average molecular weight is 582 g/mol. The Kier molecular flexibility index (Phi) is 8.29. The third-order valence-corrected chi connectivity index (χ3v) is 8.01. The minimum atomic E-state index is -0.469. The van der Waals surface area contributed by atoms with E-state index >= 15 is 0 Å². The topological polar surface area (TPSA) is 68.9 Å². The van der Waals surface area contributed by atoms with Crippen LogP contribution in [-0.4, -0.2) is 17.5 Å². The van der Waals surface area contributed by atoms with Crippen molar-refractivity contribution in [3.8, 4) is 11.1 Å². The van der Waals surface area contributed by atoms with E-state index in [1.54, 1.807) is 11.8 Å². The van der Waals surface area contributed by atoms with Gasteiger partial charge in [-0.2, -0.15) is 0 Å². The van der Waals surface area contributed by atoms with Gasteiger partial charge in [-0.1, -0.05) is 108 Å². The standard InChI is InChI=1S/C37H27NO4S/c1-25(39)42-38-35(28-12-6-3-7-13-28)29-18-16-26(17-19-29)24-43-31-22-20-30(21-23-31)36(40)37-34(27-10-4-2-5-11-27)32-14-8-9-15-33(32)41-37/h2-23H,24H2,1H3. The monoisotopic (exact) mass is 581 g/mol. The maximum Gasteiger partial charge on any atom is 0.332 e. The van der Waals surface area contributed by atoms with Gasteiger partial charge in [0.2, 0.25) is 5.78 Å². The van der Waals surface area contributed by atoms with Crippen LogP contribution in [0.1, 0.15) is 39.7 Å². The van der Waals surface area contributed by atoms with Crippen LogP contribution < -0.4 is 0 Å². The normalized spacial score (nSPS) is 11.4. The molecule has 6 heteroatoms. The van der Waals surface area contributed by atoms with Crippen LogP contribution >= 0.6 is 11.8 Å². The Bertz CT molecular complexity index is 1910.